The molecule has 1 aromatic rings. The Morgan fingerprint density at radius 2 is 2.29 bits per heavy atom. The highest BCUT2D eigenvalue weighted by molar-refractivity contribution is 5.76. The lowest BCUT2D eigenvalue weighted by Gasteiger charge is -2.23. The Labute approximate surface area is 123 Å². The normalized spacial score (nSPS) is 17.3. The maximum atomic E-state index is 12.1. The van der Waals surface area contributed by atoms with E-state index in [-0.39, 0.29) is 18.5 Å². The van der Waals surface area contributed by atoms with E-state index in [0.717, 1.165) is 18.4 Å². The Bertz CT molecular complexity index is 580. The number of urea groups is 1. The number of carbonyl (C=O) groups is 2. The molecule has 2 amide bonds. The summed E-state index contributed by atoms with van der Waals surface area (Å²) in [7, 11) is 0. The van der Waals surface area contributed by atoms with Gasteiger partial charge in [0.1, 0.15) is 0 Å². The van der Waals surface area contributed by atoms with Crippen molar-refractivity contribution in [2.75, 3.05) is 6.54 Å². The summed E-state index contributed by atoms with van der Waals surface area (Å²) in [5.41, 5.74) is 1.39. The van der Waals surface area contributed by atoms with Crippen LogP contribution in [0, 0.1) is 11.3 Å². The van der Waals surface area contributed by atoms with Crippen molar-refractivity contribution in [3.63, 3.8) is 0 Å². The third-order valence-corrected chi connectivity index (χ3v) is 3.55. The van der Waals surface area contributed by atoms with Crippen LogP contribution in [0.2, 0.25) is 0 Å². The summed E-state index contributed by atoms with van der Waals surface area (Å²) in [5, 5.41) is 20.5. The summed E-state index contributed by atoms with van der Waals surface area (Å²) in [6, 6.07) is 8.60. The largest absolute Gasteiger partial charge is 0.481 e. The molecule has 0 bridgehead atoms. The van der Waals surface area contributed by atoms with Crippen molar-refractivity contribution in [2.24, 2.45) is 0 Å². The van der Waals surface area contributed by atoms with E-state index in [1.165, 1.54) is 0 Å². The molecule has 0 spiro atoms. The van der Waals surface area contributed by atoms with Gasteiger partial charge in [-0.2, -0.15) is 5.26 Å². The van der Waals surface area contributed by atoms with Crippen molar-refractivity contribution in [3.8, 4) is 6.07 Å². The van der Waals surface area contributed by atoms with E-state index in [9.17, 15) is 9.59 Å². The highest BCUT2D eigenvalue weighted by Gasteiger charge is 2.30. The van der Waals surface area contributed by atoms with E-state index in [2.05, 4.69) is 11.4 Å². The topological polar surface area (TPSA) is 93.4 Å². The molecule has 1 unspecified atom stereocenters. The molecular formula is C15H17N3O3. The smallest absolute Gasteiger partial charge is 0.317 e. The number of carbonyl (C=O) groups excluding carboxylic acids is 1. The van der Waals surface area contributed by atoms with E-state index >= 15 is 0 Å². The van der Waals surface area contributed by atoms with Gasteiger partial charge in [0.2, 0.25) is 0 Å². The van der Waals surface area contributed by atoms with Gasteiger partial charge in [-0.05, 0) is 30.5 Å². The van der Waals surface area contributed by atoms with Crippen LogP contribution in [0.4, 0.5) is 4.79 Å². The van der Waals surface area contributed by atoms with Crippen LogP contribution >= 0.6 is 0 Å². The van der Waals surface area contributed by atoms with Gasteiger partial charge >= 0.3 is 12.0 Å². The van der Waals surface area contributed by atoms with Crippen LogP contribution in [0.25, 0.3) is 0 Å². The van der Waals surface area contributed by atoms with Crippen LogP contribution in [-0.4, -0.2) is 34.6 Å². The van der Waals surface area contributed by atoms with Gasteiger partial charge in [0.05, 0.1) is 18.1 Å². The molecule has 0 saturated carbocycles. The van der Waals surface area contributed by atoms with Crippen molar-refractivity contribution >= 4 is 12.0 Å². The minimum absolute atomic E-state index is 0.0165. The molecule has 6 nitrogen and oxygen atoms in total. The molecule has 0 aliphatic carbocycles. The van der Waals surface area contributed by atoms with E-state index in [0.29, 0.717) is 18.7 Å². The molecule has 1 atom stereocenters. The second-order valence-electron chi connectivity index (χ2n) is 5.06. The first-order chi connectivity index (χ1) is 10.1. The number of rotatable bonds is 4. The van der Waals surface area contributed by atoms with Crippen molar-refractivity contribution in [3.05, 3.63) is 35.4 Å². The van der Waals surface area contributed by atoms with Gasteiger partial charge in [-0.25, -0.2) is 4.79 Å². The number of carboxylic acid groups (broad SMARTS) is 1. The average Bonchev–Trinajstić information content (AvgIpc) is 2.92. The Balaban J connectivity index is 1.92. The highest BCUT2D eigenvalue weighted by atomic mass is 16.4. The van der Waals surface area contributed by atoms with Gasteiger partial charge in [-0.1, -0.05) is 12.1 Å². The summed E-state index contributed by atoms with van der Waals surface area (Å²) >= 11 is 0. The predicted octanol–water partition coefficient (Wildman–Crippen LogP) is 1.71. The molecule has 110 valence electrons. The minimum Gasteiger partial charge on any atom is -0.481 e. The van der Waals surface area contributed by atoms with Crippen molar-refractivity contribution < 1.29 is 14.7 Å². The van der Waals surface area contributed by atoms with Gasteiger partial charge in [0.15, 0.2) is 0 Å². The Morgan fingerprint density at radius 3 is 3.00 bits per heavy atom. The Kier molecular flexibility index (Phi) is 4.77. The molecule has 21 heavy (non-hydrogen) atoms. The maximum Gasteiger partial charge on any atom is 0.317 e. The monoisotopic (exact) mass is 287 g/mol. The second kappa shape index (κ2) is 6.75. The van der Waals surface area contributed by atoms with Crippen LogP contribution in [0.5, 0.6) is 0 Å². The van der Waals surface area contributed by atoms with Gasteiger partial charge in [0.25, 0.3) is 0 Å². The van der Waals surface area contributed by atoms with Gasteiger partial charge in [-0.15, -0.1) is 0 Å². The van der Waals surface area contributed by atoms with E-state index in [1.54, 1.807) is 23.1 Å². The number of carboxylic acids is 1. The number of hydrogen-bond donors (Lipinski definition) is 2. The Hall–Kier alpha value is -2.55. The Morgan fingerprint density at radius 1 is 1.48 bits per heavy atom. The average molecular weight is 287 g/mol. The first-order valence-corrected chi connectivity index (χ1v) is 6.85. The van der Waals surface area contributed by atoms with E-state index in [1.807, 2.05) is 6.07 Å². The van der Waals surface area contributed by atoms with E-state index in [4.69, 9.17) is 10.4 Å². The fourth-order valence-corrected chi connectivity index (χ4v) is 2.55. The van der Waals surface area contributed by atoms with Crippen molar-refractivity contribution in [2.45, 2.75) is 31.8 Å². The zero-order chi connectivity index (χ0) is 15.2. The lowest BCUT2D eigenvalue weighted by atomic mass is 10.1. The molecule has 0 radical (unpaired) electrons. The number of nitrogens with zero attached hydrogens (tertiary/aromatic N) is 2. The third-order valence-electron chi connectivity index (χ3n) is 3.55. The van der Waals surface area contributed by atoms with Gasteiger partial charge in [-0.3, -0.25) is 4.79 Å². The number of likely N-dealkylation sites (tertiary alicyclic amines) is 1. The zero-order valence-corrected chi connectivity index (χ0v) is 11.6. The summed E-state index contributed by atoms with van der Waals surface area (Å²) in [6.07, 6.45) is 1.54. The quantitative estimate of drug-likeness (QED) is 0.881. The summed E-state index contributed by atoms with van der Waals surface area (Å²) < 4.78 is 0. The molecule has 2 N–H and O–H groups in total. The standard InChI is InChI=1S/C15H17N3O3/c16-9-11-3-1-4-12(7-11)10-17-15(21)18-6-2-5-13(18)8-14(19)20/h1,3-4,7,13H,2,5-6,8,10H2,(H,17,21)(H,19,20). The fourth-order valence-electron chi connectivity index (χ4n) is 2.55. The molecule has 1 heterocycles. The molecule has 0 aromatic heterocycles. The minimum atomic E-state index is -0.888. The summed E-state index contributed by atoms with van der Waals surface area (Å²) in [5.74, 6) is -0.888. The predicted molar refractivity (Wildman–Crippen MR) is 75.4 cm³/mol. The number of aliphatic carboxylic acids is 1. The van der Waals surface area contributed by atoms with Crippen LogP contribution < -0.4 is 5.32 Å². The van der Waals surface area contributed by atoms with Gasteiger partial charge < -0.3 is 15.3 Å². The third kappa shape index (κ3) is 3.96. The van der Waals surface area contributed by atoms with Gasteiger partial charge in [0, 0.05) is 19.1 Å². The molecular weight excluding hydrogens is 270 g/mol. The molecule has 1 aliphatic heterocycles. The van der Waals surface area contributed by atoms with Crippen LogP contribution in [0.1, 0.15) is 30.4 Å². The number of nitriles is 1. The number of benzene rings is 1. The number of hydrogen-bond acceptors (Lipinski definition) is 3. The molecule has 1 aliphatic rings. The molecule has 1 fully saturated rings. The lowest BCUT2D eigenvalue weighted by molar-refractivity contribution is -0.137. The molecule has 1 saturated heterocycles. The highest BCUT2D eigenvalue weighted by Crippen LogP contribution is 2.20. The number of nitrogens with one attached hydrogen (secondary N) is 1. The SMILES string of the molecule is N#Cc1cccc(CNC(=O)N2CCCC2CC(=O)O)c1. The van der Waals surface area contributed by atoms with Crippen LogP contribution in [-0.2, 0) is 11.3 Å². The van der Waals surface area contributed by atoms with Crippen LogP contribution in [0.3, 0.4) is 0 Å². The molecule has 1 aromatic carbocycles. The van der Waals surface area contributed by atoms with E-state index < -0.39 is 5.97 Å². The molecule has 2 rings (SSSR count). The first-order valence-electron chi connectivity index (χ1n) is 6.85. The fraction of sp³-hybridized carbons (Fsp3) is 0.400. The first kappa shape index (κ1) is 14.9. The summed E-state index contributed by atoms with van der Waals surface area (Å²) in [4.78, 5) is 24.5. The van der Waals surface area contributed by atoms with Crippen molar-refractivity contribution in [1.29, 1.82) is 5.26 Å². The second-order valence-corrected chi connectivity index (χ2v) is 5.06. The zero-order valence-electron chi connectivity index (χ0n) is 11.6. The maximum absolute atomic E-state index is 12.1. The van der Waals surface area contributed by atoms with Crippen LogP contribution in [0.15, 0.2) is 24.3 Å². The summed E-state index contributed by atoms with van der Waals surface area (Å²) in [6.45, 7) is 0.909. The number of amides is 2. The molecule has 6 heteroatoms. The lowest BCUT2D eigenvalue weighted by Crippen LogP contribution is -2.43. The van der Waals surface area contributed by atoms with Crippen molar-refractivity contribution in [1.82, 2.24) is 10.2 Å².